The monoisotopic (exact) mass is 265 g/mol. The number of carboxylic acids is 1. The molecule has 1 aromatic heterocycles. The van der Waals surface area contributed by atoms with E-state index in [9.17, 15) is 9.59 Å². The van der Waals surface area contributed by atoms with E-state index in [1.807, 2.05) is 13.8 Å². The minimum Gasteiger partial charge on any atom is -0.481 e. The summed E-state index contributed by atoms with van der Waals surface area (Å²) in [7, 11) is 0. The number of carboxylic acid groups (broad SMARTS) is 1. The van der Waals surface area contributed by atoms with Gasteiger partial charge in [-0.25, -0.2) is 0 Å². The minimum atomic E-state index is -0.840. The summed E-state index contributed by atoms with van der Waals surface area (Å²) in [4.78, 5) is 25.0. The highest BCUT2D eigenvalue weighted by Gasteiger charge is 2.39. The summed E-state index contributed by atoms with van der Waals surface area (Å²) in [5.41, 5.74) is 0.965. The van der Waals surface area contributed by atoms with Crippen LogP contribution in [0.4, 0.5) is 0 Å². The van der Waals surface area contributed by atoms with Crippen molar-refractivity contribution < 1.29 is 19.1 Å². The highest BCUT2D eigenvalue weighted by Crippen LogP contribution is 2.27. The lowest BCUT2D eigenvalue weighted by atomic mass is 10.0. The maximum Gasteiger partial charge on any atom is 0.308 e. The van der Waals surface area contributed by atoms with Gasteiger partial charge in [0, 0.05) is 19.0 Å². The topological polar surface area (TPSA) is 70.8 Å². The van der Waals surface area contributed by atoms with Gasteiger partial charge in [-0.3, -0.25) is 9.59 Å². The van der Waals surface area contributed by atoms with Gasteiger partial charge in [-0.05, 0) is 31.9 Å². The molecule has 0 bridgehead atoms. The Morgan fingerprint density at radius 1 is 1.53 bits per heavy atom. The molecule has 0 saturated carbocycles. The first-order chi connectivity index (χ1) is 8.95. The molecule has 1 amide bonds. The van der Waals surface area contributed by atoms with Crippen LogP contribution in [0, 0.1) is 12.8 Å². The molecular weight excluding hydrogens is 246 g/mol. The molecule has 104 valence electrons. The average molecular weight is 265 g/mol. The number of carbonyl (C=O) groups is 2. The molecule has 1 saturated heterocycles. The van der Waals surface area contributed by atoms with Crippen molar-refractivity contribution in [1.29, 1.82) is 0 Å². The summed E-state index contributed by atoms with van der Waals surface area (Å²) in [5.74, 6) is -0.408. The zero-order valence-electron chi connectivity index (χ0n) is 11.5. The van der Waals surface area contributed by atoms with E-state index in [0.29, 0.717) is 18.7 Å². The zero-order chi connectivity index (χ0) is 14.2. The van der Waals surface area contributed by atoms with Crippen molar-refractivity contribution in [2.45, 2.75) is 39.7 Å². The number of furan rings is 1. The first-order valence-corrected chi connectivity index (χ1v) is 6.58. The van der Waals surface area contributed by atoms with Gasteiger partial charge in [0.05, 0.1) is 5.92 Å². The normalized spacial score (nSPS) is 22.8. The maximum absolute atomic E-state index is 12.3. The van der Waals surface area contributed by atoms with Gasteiger partial charge in [0.2, 0.25) is 0 Å². The van der Waals surface area contributed by atoms with Gasteiger partial charge < -0.3 is 14.4 Å². The third kappa shape index (κ3) is 2.37. The molecule has 2 heterocycles. The Labute approximate surface area is 112 Å². The van der Waals surface area contributed by atoms with Crippen molar-refractivity contribution in [3.8, 4) is 0 Å². The summed E-state index contributed by atoms with van der Waals surface area (Å²) in [6.45, 7) is 6.13. The number of rotatable bonds is 3. The highest BCUT2D eigenvalue weighted by atomic mass is 16.4. The summed E-state index contributed by atoms with van der Waals surface area (Å²) in [6, 6.07) is 1.45. The number of aliphatic carboxylic acids is 1. The van der Waals surface area contributed by atoms with Crippen molar-refractivity contribution in [3.05, 3.63) is 23.2 Å². The van der Waals surface area contributed by atoms with Gasteiger partial charge in [-0.2, -0.15) is 0 Å². The molecule has 5 heteroatoms. The fourth-order valence-corrected chi connectivity index (χ4v) is 2.67. The molecule has 0 spiro atoms. The number of aryl methyl sites for hydroxylation is 2. The molecule has 0 aromatic carbocycles. The Bertz CT molecular complexity index is 506. The second-order valence-electron chi connectivity index (χ2n) is 5.04. The molecular formula is C14H19NO4. The predicted octanol–water partition coefficient (Wildman–Crippen LogP) is 2.09. The largest absolute Gasteiger partial charge is 0.481 e. The Hall–Kier alpha value is -1.78. The molecule has 2 atom stereocenters. The smallest absolute Gasteiger partial charge is 0.308 e. The van der Waals surface area contributed by atoms with Crippen molar-refractivity contribution in [3.63, 3.8) is 0 Å². The Morgan fingerprint density at radius 2 is 2.21 bits per heavy atom. The van der Waals surface area contributed by atoms with Crippen LogP contribution in [0.15, 0.2) is 10.5 Å². The van der Waals surface area contributed by atoms with E-state index in [0.717, 1.165) is 17.7 Å². The Kier molecular flexibility index (Phi) is 3.64. The number of nitrogens with zero attached hydrogens (tertiary/aromatic N) is 1. The lowest BCUT2D eigenvalue weighted by molar-refractivity contribution is -0.142. The minimum absolute atomic E-state index is 0.209. The van der Waals surface area contributed by atoms with E-state index in [2.05, 4.69) is 0 Å². The van der Waals surface area contributed by atoms with E-state index in [-0.39, 0.29) is 11.9 Å². The van der Waals surface area contributed by atoms with Crippen LogP contribution in [0.5, 0.6) is 0 Å². The molecule has 0 aliphatic carbocycles. The third-order valence-corrected chi connectivity index (χ3v) is 3.89. The number of hydrogen-bond acceptors (Lipinski definition) is 3. The first-order valence-electron chi connectivity index (χ1n) is 6.58. The molecule has 2 unspecified atom stereocenters. The SMILES string of the molecule is CCc1oc(C(=O)N2CCC(C(=O)O)C2C)cc1C. The third-order valence-electron chi connectivity index (χ3n) is 3.89. The lowest BCUT2D eigenvalue weighted by Crippen LogP contribution is -2.37. The van der Waals surface area contributed by atoms with E-state index in [4.69, 9.17) is 9.52 Å². The molecule has 2 rings (SSSR count). The van der Waals surface area contributed by atoms with E-state index in [1.165, 1.54) is 0 Å². The number of hydrogen-bond donors (Lipinski definition) is 1. The Balaban J connectivity index is 2.18. The highest BCUT2D eigenvalue weighted by molar-refractivity contribution is 5.92. The predicted molar refractivity (Wildman–Crippen MR) is 69.1 cm³/mol. The van der Waals surface area contributed by atoms with E-state index >= 15 is 0 Å². The van der Waals surface area contributed by atoms with Gasteiger partial charge in [0.25, 0.3) is 5.91 Å². The van der Waals surface area contributed by atoms with Gasteiger partial charge in [0.1, 0.15) is 5.76 Å². The van der Waals surface area contributed by atoms with Crippen LogP contribution < -0.4 is 0 Å². The average Bonchev–Trinajstić information content (AvgIpc) is 2.91. The fourth-order valence-electron chi connectivity index (χ4n) is 2.67. The standard InChI is InChI=1S/C14H19NO4/c1-4-11-8(2)7-12(19-11)13(16)15-6-5-10(9(15)3)14(17)18/h7,9-10H,4-6H2,1-3H3,(H,17,18). The second kappa shape index (κ2) is 5.07. The van der Waals surface area contributed by atoms with Crippen molar-refractivity contribution in [2.24, 2.45) is 5.92 Å². The lowest BCUT2D eigenvalue weighted by Gasteiger charge is -2.22. The maximum atomic E-state index is 12.3. The quantitative estimate of drug-likeness (QED) is 0.908. The van der Waals surface area contributed by atoms with Crippen LogP contribution in [0.2, 0.25) is 0 Å². The van der Waals surface area contributed by atoms with E-state index < -0.39 is 11.9 Å². The first kappa shape index (κ1) is 13.6. The zero-order valence-corrected chi connectivity index (χ0v) is 11.5. The summed E-state index contributed by atoms with van der Waals surface area (Å²) in [6.07, 6.45) is 1.25. The van der Waals surface area contributed by atoms with Gasteiger partial charge in [-0.15, -0.1) is 0 Å². The van der Waals surface area contributed by atoms with Gasteiger partial charge >= 0.3 is 5.97 Å². The van der Waals surface area contributed by atoms with Crippen LogP contribution in [0.1, 0.15) is 42.1 Å². The van der Waals surface area contributed by atoms with E-state index in [1.54, 1.807) is 17.9 Å². The number of likely N-dealkylation sites (tertiary alicyclic amines) is 1. The number of carbonyl (C=O) groups excluding carboxylic acids is 1. The van der Waals surface area contributed by atoms with Crippen LogP contribution in [-0.4, -0.2) is 34.5 Å². The van der Waals surface area contributed by atoms with Gasteiger partial charge in [-0.1, -0.05) is 6.92 Å². The van der Waals surface area contributed by atoms with Crippen LogP contribution >= 0.6 is 0 Å². The molecule has 1 aliphatic rings. The van der Waals surface area contributed by atoms with Gasteiger partial charge in [0.15, 0.2) is 5.76 Å². The second-order valence-corrected chi connectivity index (χ2v) is 5.04. The van der Waals surface area contributed by atoms with Crippen LogP contribution in [0.25, 0.3) is 0 Å². The summed E-state index contributed by atoms with van der Waals surface area (Å²) < 4.78 is 5.54. The molecule has 1 aromatic rings. The summed E-state index contributed by atoms with van der Waals surface area (Å²) in [5, 5.41) is 9.08. The van der Waals surface area contributed by atoms with Crippen LogP contribution in [0.3, 0.4) is 0 Å². The molecule has 5 nitrogen and oxygen atoms in total. The number of amides is 1. The van der Waals surface area contributed by atoms with Crippen molar-refractivity contribution >= 4 is 11.9 Å². The molecule has 1 aliphatic heterocycles. The van der Waals surface area contributed by atoms with Crippen molar-refractivity contribution in [2.75, 3.05) is 6.54 Å². The molecule has 1 fully saturated rings. The summed E-state index contributed by atoms with van der Waals surface area (Å²) >= 11 is 0. The van der Waals surface area contributed by atoms with Crippen molar-refractivity contribution in [1.82, 2.24) is 4.90 Å². The molecule has 1 N–H and O–H groups in total. The van der Waals surface area contributed by atoms with Crippen LogP contribution in [-0.2, 0) is 11.2 Å². The fraction of sp³-hybridized carbons (Fsp3) is 0.571. The molecule has 19 heavy (non-hydrogen) atoms. The Morgan fingerprint density at radius 3 is 2.68 bits per heavy atom. The molecule has 0 radical (unpaired) electrons.